The maximum absolute atomic E-state index is 15.6. The number of benzene rings is 3. The largest absolute Gasteiger partial charge is 0.473 e. The summed E-state index contributed by atoms with van der Waals surface area (Å²) in [5.74, 6) is -1.52. The number of nitriles is 1. The van der Waals surface area contributed by atoms with E-state index in [2.05, 4.69) is 9.97 Å². The average molecular weight is 617 g/mol. The van der Waals surface area contributed by atoms with Gasteiger partial charge in [-0.05, 0) is 48.0 Å². The molecule has 45 heavy (non-hydrogen) atoms. The number of imidazole rings is 1. The van der Waals surface area contributed by atoms with Gasteiger partial charge in [0, 0.05) is 36.3 Å². The Morgan fingerprint density at radius 1 is 0.978 bits per heavy atom. The van der Waals surface area contributed by atoms with E-state index in [9.17, 15) is 14.6 Å². The summed E-state index contributed by atoms with van der Waals surface area (Å²) in [5.41, 5.74) is 1.82. The Bertz CT molecular complexity index is 1920. The van der Waals surface area contributed by atoms with Gasteiger partial charge in [-0.2, -0.15) is 5.26 Å². The van der Waals surface area contributed by atoms with Crippen LogP contribution in [0.25, 0.3) is 22.3 Å². The molecule has 6 rings (SSSR count). The molecule has 2 N–H and O–H groups in total. The number of pyridine rings is 1. The number of rotatable bonds is 9. The van der Waals surface area contributed by atoms with E-state index in [4.69, 9.17) is 19.5 Å². The van der Waals surface area contributed by atoms with Crippen molar-refractivity contribution in [1.82, 2.24) is 14.5 Å². The lowest BCUT2D eigenvalue weighted by Crippen LogP contribution is -2.26. The van der Waals surface area contributed by atoms with Gasteiger partial charge in [0.1, 0.15) is 36.0 Å². The van der Waals surface area contributed by atoms with E-state index in [-0.39, 0.29) is 64.6 Å². The SMILES string of the molecule is COC1COCC1n1c(Cc2cc(F)c(-c3cccc(OCc4ccc(C#N)cc4F)n3)cc2F)nc2ccc(C(O)O)cc21. The fourth-order valence-electron chi connectivity index (χ4n) is 5.43. The number of ether oxygens (including phenoxy) is 3. The van der Waals surface area contributed by atoms with Crippen LogP contribution in [0.5, 0.6) is 5.88 Å². The first-order valence-electron chi connectivity index (χ1n) is 14.0. The molecule has 2 atom stereocenters. The van der Waals surface area contributed by atoms with Gasteiger partial charge in [-0.1, -0.05) is 18.2 Å². The first kappa shape index (κ1) is 30.2. The predicted octanol–water partition coefficient (Wildman–Crippen LogP) is 5.13. The van der Waals surface area contributed by atoms with Crippen LogP contribution in [0.4, 0.5) is 13.2 Å². The lowest BCUT2D eigenvalue weighted by Gasteiger charge is -2.21. The van der Waals surface area contributed by atoms with Crippen molar-refractivity contribution >= 4 is 11.0 Å². The van der Waals surface area contributed by atoms with Crippen LogP contribution in [0, 0.1) is 28.8 Å². The molecule has 1 fully saturated rings. The Labute approximate surface area is 255 Å². The van der Waals surface area contributed by atoms with Gasteiger partial charge in [0.25, 0.3) is 0 Å². The molecule has 12 heteroatoms. The molecule has 1 aliphatic heterocycles. The summed E-state index contributed by atoms with van der Waals surface area (Å²) in [7, 11) is 1.56. The van der Waals surface area contributed by atoms with Gasteiger partial charge < -0.3 is 29.0 Å². The number of fused-ring (bicyclic) bond motifs is 1. The summed E-state index contributed by atoms with van der Waals surface area (Å²) in [6.07, 6.45) is -2.11. The van der Waals surface area contributed by atoms with E-state index >= 15 is 8.78 Å². The zero-order valence-electron chi connectivity index (χ0n) is 24.0. The molecule has 3 aromatic carbocycles. The second-order valence-electron chi connectivity index (χ2n) is 10.6. The van der Waals surface area contributed by atoms with Gasteiger partial charge in [0.05, 0.1) is 47.6 Å². The highest BCUT2D eigenvalue weighted by Crippen LogP contribution is 2.33. The van der Waals surface area contributed by atoms with Crippen LogP contribution in [-0.4, -0.2) is 51.2 Å². The Hall–Kier alpha value is -4.80. The van der Waals surface area contributed by atoms with Crippen LogP contribution >= 0.6 is 0 Å². The van der Waals surface area contributed by atoms with Crippen molar-refractivity contribution in [1.29, 1.82) is 5.26 Å². The number of aliphatic hydroxyl groups excluding tert-OH is 1. The normalized spacial score (nSPS) is 16.4. The van der Waals surface area contributed by atoms with E-state index in [1.54, 1.807) is 25.3 Å². The van der Waals surface area contributed by atoms with Crippen molar-refractivity contribution in [3.63, 3.8) is 0 Å². The molecule has 3 heterocycles. The molecular formula is C33H27F3N4O5. The van der Waals surface area contributed by atoms with Crippen LogP contribution in [-0.2, 0) is 22.5 Å². The fraction of sp³-hybridized carbons (Fsp3) is 0.242. The highest BCUT2D eigenvalue weighted by Gasteiger charge is 2.33. The molecule has 0 spiro atoms. The molecule has 5 aromatic rings. The number of hydrogen-bond acceptors (Lipinski definition) is 8. The lowest BCUT2D eigenvalue weighted by atomic mass is 10.0. The molecular weight excluding hydrogens is 589 g/mol. The zero-order valence-corrected chi connectivity index (χ0v) is 24.0. The monoisotopic (exact) mass is 616 g/mol. The predicted molar refractivity (Wildman–Crippen MR) is 155 cm³/mol. The Morgan fingerprint density at radius 3 is 2.56 bits per heavy atom. The second kappa shape index (κ2) is 12.7. The van der Waals surface area contributed by atoms with Gasteiger partial charge in [0.2, 0.25) is 5.88 Å². The minimum atomic E-state index is -1.70. The van der Waals surface area contributed by atoms with Crippen molar-refractivity contribution in [3.05, 3.63) is 112 Å². The highest BCUT2D eigenvalue weighted by molar-refractivity contribution is 5.77. The number of methoxy groups -OCH3 is 1. The topological polar surface area (TPSA) is 123 Å². The van der Waals surface area contributed by atoms with Gasteiger partial charge in [-0.3, -0.25) is 0 Å². The van der Waals surface area contributed by atoms with Gasteiger partial charge in [0.15, 0.2) is 6.29 Å². The molecule has 2 unspecified atom stereocenters. The number of halogens is 3. The van der Waals surface area contributed by atoms with E-state index in [0.29, 0.717) is 30.1 Å². The maximum Gasteiger partial charge on any atom is 0.214 e. The first-order valence-corrected chi connectivity index (χ1v) is 14.0. The third-order valence-electron chi connectivity index (χ3n) is 7.76. The van der Waals surface area contributed by atoms with Crippen molar-refractivity contribution in [2.24, 2.45) is 0 Å². The molecule has 0 bridgehead atoms. The Balaban J connectivity index is 1.29. The quantitative estimate of drug-likeness (QED) is 0.219. The molecule has 0 radical (unpaired) electrons. The van der Waals surface area contributed by atoms with Crippen LogP contribution in [0.2, 0.25) is 0 Å². The molecule has 1 aliphatic rings. The minimum Gasteiger partial charge on any atom is -0.473 e. The maximum atomic E-state index is 15.6. The smallest absolute Gasteiger partial charge is 0.214 e. The van der Waals surface area contributed by atoms with Crippen molar-refractivity contribution in [2.45, 2.75) is 31.5 Å². The third kappa shape index (κ3) is 6.11. The number of nitrogens with zero attached hydrogens (tertiary/aromatic N) is 4. The molecule has 0 amide bonds. The summed E-state index contributed by atoms with van der Waals surface area (Å²) < 4.78 is 64.1. The number of hydrogen-bond donors (Lipinski definition) is 2. The van der Waals surface area contributed by atoms with Gasteiger partial charge in [-0.15, -0.1) is 0 Å². The molecule has 9 nitrogen and oxygen atoms in total. The minimum absolute atomic E-state index is 0.0480. The third-order valence-corrected chi connectivity index (χ3v) is 7.76. The molecule has 0 saturated carbocycles. The fourth-order valence-corrected chi connectivity index (χ4v) is 5.43. The van der Waals surface area contributed by atoms with E-state index in [1.165, 1.54) is 30.3 Å². The van der Waals surface area contributed by atoms with Crippen molar-refractivity contribution < 1.29 is 37.6 Å². The Morgan fingerprint density at radius 2 is 1.80 bits per heavy atom. The summed E-state index contributed by atoms with van der Waals surface area (Å²) >= 11 is 0. The van der Waals surface area contributed by atoms with Crippen LogP contribution in [0.3, 0.4) is 0 Å². The lowest BCUT2D eigenvalue weighted by molar-refractivity contribution is -0.0424. The van der Waals surface area contributed by atoms with Crippen molar-refractivity contribution in [2.75, 3.05) is 20.3 Å². The van der Waals surface area contributed by atoms with E-state index in [0.717, 1.165) is 18.2 Å². The van der Waals surface area contributed by atoms with Crippen LogP contribution in [0.1, 0.15) is 40.4 Å². The summed E-state index contributed by atoms with van der Waals surface area (Å²) in [6, 6.07) is 17.0. The molecule has 230 valence electrons. The highest BCUT2D eigenvalue weighted by atomic mass is 19.1. The summed E-state index contributed by atoms with van der Waals surface area (Å²) in [5, 5.41) is 28.4. The van der Waals surface area contributed by atoms with Crippen LogP contribution in [0.15, 0.2) is 66.7 Å². The second-order valence-corrected chi connectivity index (χ2v) is 10.6. The average Bonchev–Trinajstić information content (AvgIpc) is 3.65. The molecule has 0 aliphatic carbocycles. The first-order chi connectivity index (χ1) is 21.7. The number of aliphatic hydroxyl groups is 2. The molecule has 1 saturated heterocycles. The molecule has 2 aromatic heterocycles. The van der Waals surface area contributed by atoms with Crippen LogP contribution < -0.4 is 4.74 Å². The summed E-state index contributed by atoms with van der Waals surface area (Å²) in [4.78, 5) is 8.96. The van der Waals surface area contributed by atoms with E-state index < -0.39 is 23.7 Å². The number of aromatic nitrogens is 3. The standard InChI is InChI=1S/C33H27F3N4O5/c1-43-30-17-44-16-29(30)40-28-11-19(33(41)42)7-8-27(28)38-31(40)12-21-10-25(36)22(13-24(21)35)26-3-2-4-32(39-26)45-15-20-6-5-18(14-37)9-23(20)34/h2-11,13,29-30,33,41-42H,12,15-17H2,1H3. The van der Waals surface area contributed by atoms with Gasteiger partial charge in [-0.25, -0.2) is 23.1 Å². The summed E-state index contributed by atoms with van der Waals surface area (Å²) in [6.45, 7) is 0.443. The zero-order chi connectivity index (χ0) is 31.7. The van der Waals surface area contributed by atoms with Crippen molar-refractivity contribution in [3.8, 4) is 23.2 Å². The Kier molecular flexibility index (Phi) is 8.51. The van der Waals surface area contributed by atoms with E-state index in [1.807, 2.05) is 10.6 Å². The van der Waals surface area contributed by atoms with Gasteiger partial charge >= 0.3 is 0 Å².